The van der Waals surface area contributed by atoms with Crippen molar-refractivity contribution in [2.45, 2.75) is 43.5 Å². The smallest absolute Gasteiger partial charge is 0.0912 e. The number of aliphatic hydroxyl groups excluding tert-OH is 1. The summed E-state index contributed by atoms with van der Waals surface area (Å²) in [6.07, 6.45) is 5.13. The number of nitriles is 1. The zero-order valence-electron chi connectivity index (χ0n) is 9.10. The van der Waals surface area contributed by atoms with Gasteiger partial charge in [0.1, 0.15) is 0 Å². The number of hydrogen-bond acceptors (Lipinski definition) is 4. The van der Waals surface area contributed by atoms with Gasteiger partial charge in [-0.15, -0.1) is 0 Å². The molecule has 1 rings (SSSR count). The summed E-state index contributed by atoms with van der Waals surface area (Å²) >= 11 is 4.07. The molecule has 0 aromatic heterocycles. The molecule has 0 aliphatic carbocycles. The molecular formula is C11H20N2OS. The molecule has 1 N–H and O–H groups in total. The second-order valence-electron chi connectivity index (χ2n) is 4.25. The van der Waals surface area contributed by atoms with E-state index in [2.05, 4.69) is 17.5 Å². The first-order chi connectivity index (χ1) is 7.22. The highest BCUT2D eigenvalue weighted by molar-refractivity contribution is 7.81. The quantitative estimate of drug-likeness (QED) is 0.716. The molecule has 0 saturated carbocycles. The maximum atomic E-state index is 9.75. The predicted octanol–water partition coefficient (Wildman–Crippen LogP) is 1.44. The Bertz CT molecular complexity index is 209. The fourth-order valence-electron chi connectivity index (χ4n) is 2.00. The van der Waals surface area contributed by atoms with Crippen LogP contribution in [0.25, 0.3) is 0 Å². The maximum Gasteiger partial charge on any atom is 0.0912 e. The first kappa shape index (κ1) is 12.8. The van der Waals surface area contributed by atoms with Crippen LogP contribution >= 0.6 is 12.6 Å². The van der Waals surface area contributed by atoms with E-state index in [4.69, 9.17) is 5.26 Å². The van der Waals surface area contributed by atoms with Gasteiger partial charge in [-0.05, 0) is 32.4 Å². The van der Waals surface area contributed by atoms with Crippen molar-refractivity contribution in [3.8, 4) is 6.07 Å². The molecular weight excluding hydrogens is 208 g/mol. The molecule has 0 spiro atoms. The van der Waals surface area contributed by atoms with Crippen LogP contribution in [0.15, 0.2) is 0 Å². The van der Waals surface area contributed by atoms with E-state index in [1.54, 1.807) is 0 Å². The van der Waals surface area contributed by atoms with Crippen LogP contribution < -0.4 is 0 Å². The van der Waals surface area contributed by atoms with E-state index in [9.17, 15) is 5.11 Å². The molecule has 1 heterocycles. The lowest BCUT2D eigenvalue weighted by Crippen LogP contribution is -2.34. The van der Waals surface area contributed by atoms with Gasteiger partial charge in [-0.3, -0.25) is 0 Å². The van der Waals surface area contributed by atoms with Crippen LogP contribution in [0, 0.1) is 11.3 Å². The van der Waals surface area contributed by atoms with E-state index in [0.717, 1.165) is 13.1 Å². The van der Waals surface area contributed by atoms with Crippen molar-refractivity contribution in [1.82, 2.24) is 4.90 Å². The maximum absolute atomic E-state index is 9.75. The summed E-state index contributed by atoms with van der Waals surface area (Å²) in [4.78, 5) is 2.30. The summed E-state index contributed by atoms with van der Waals surface area (Å²) in [6, 6.07) is 2.03. The number of rotatable bonds is 4. The minimum atomic E-state index is -0.412. The van der Waals surface area contributed by atoms with Gasteiger partial charge < -0.3 is 10.0 Å². The lowest BCUT2D eigenvalue weighted by atomic mass is 10.2. The first-order valence-electron chi connectivity index (χ1n) is 5.70. The Morgan fingerprint density at radius 2 is 1.87 bits per heavy atom. The van der Waals surface area contributed by atoms with Crippen LogP contribution in [-0.2, 0) is 0 Å². The van der Waals surface area contributed by atoms with Gasteiger partial charge in [0.05, 0.1) is 17.4 Å². The molecule has 3 nitrogen and oxygen atoms in total. The third-order valence-electron chi connectivity index (χ3n) is 2.81. The zero-order chi connectivity index (χ0) is 11.1. The third kappa shape index (κ3) is 5.41. The van der Waals surface area contributed by atoms with Crippen LogP contribution in [-0.4, -0.2) is 41.0 Å². The number of β-amino-alcohol motifs (C(OH)–C–C–N with tert-alkyl or cyclic N) is 1. The lowest BCUT2D eigenvalue weighted by Gasteiger charge is -2.23. The van der Waals surface area contributed by atoms with Gasteiger partial charge in [-0.25, -0.2) is 0 Å². The molecule has 1 aliphatic rings. The highest BCUT2D eigenvalue weighted by Crippen LogP contribution is 2.12. The number of hydrogen-bond donors (Lipinski definition) is 2. The van der Waals surface area contributed by atoms with E-state index < -0.39 is 6.10 Å². The van der Waals surface area contributed by atoms with E-state index in [-0.39, 0.29) is 5.25 Å². The summed E-state index contributed by atoms with van der Waals surface area (Å²) in [7, 11) is 0. The molecule has 0 aromatic carbocycles. The fourth-order valence-corrected chi connectivity index (χ4v) is 2.25. The van der Waals surface area contributed by atoms with Crippen LogP contribution in [0.5, 0.6) is 0 Å². The highest BCUT2D eigenvalue weighted by Gasteiger charge is 2.15. The minimum absolute atomic E-state index is 0.341. The number of likely N-dealkylation sites (tertiary alicyclic amines) is 1. The monoisotopic (exact) mass is 228 g/mol. The van der Waals surface area contributed by atoms with Gasteiger partial charge in [0.2, 0.25) is 0 Å². The molecule has 1 fully saturated rings. The molecule has 0 amide bonds. The average molecular weight is 228 g/mol. The van der Waals surface area contributed by atoms with Crippen LogP contribution in [0.1, 0.15) is 32.1 Å². The summed E-state index contributed by atoms with van der Waals surface area (Å²) in [6.45, 7) is 2.86. The minimum Gasteiger partial charge on any atom is -0.392 e. The highest BCUT2D eigenvalue weighted by atomic mass is 32.1. The van der Waals surface area contributed by atoms with Crippen molar-refractivity contribution in [2.75, 3.05) is 19.6 Å². The summed E-state index contributed by atoms with van der Waals surface area (Å²) in [5.74, 6) is 0. The van der Waals surface area contributed by atoms with Gasteiger partial charge >= 0.3 is 0 Å². The molecule has 1 aliphatic heterocycles. The standard InChI is InChI=1S/C11H20N2OS/c12-8-11(15)7-10(14)9-13-5-3-1-2-4-6-13/h10-11,14-15H,1-7,9H2. The summed E-state index contributed by atoms with van der Waals surface area (Å²) < 4.78 is 0. The van der Waals surface area contributed by atoms with Crippen LogP contribution in [0.2, 0.25) is 0 Å². The Kier molecular flexibility index (Phi) is 6.07. The Balaban J connectivity index is 2.23. The van der Waals surface area contributed by atoms with Gasteiger partial charge in [0.15, 0.2) is 0 Å². The van der Waals surface area contributed by atoms with E-state index in [0.29, 0.717) is 13.0 Å². The topological polar surface area (TPSA) is 47.3 Å². The Morgan fingerprint density at radius 3 is 2.40 bits per heavy atom. The Hall–Kier alpha value is -0.240. The molecule has 2 atom stereocenters. The van der Waals surface area contributed by atoms with E-state index >= 15 is 0 Å². The van der Waals surface area contributed by atoms with Crippen molar-refractivity contribution < 1.29 is 5.11 Å². The fraction of sp³-hybridized carbons (Fsp3) is 0.909. The second-order valence-corrected chi connectivity index (χ2v) is 4.87. The van der Waals surface area contributed by atoms with Crippen molar-refractivity contribution in [3.63, 3.8) is 0 Å². The Labute approximate surface area is 97.5 Å². The molecule has 0 aromatic rings. The number of aliphatic hydroxyl groups is 1. The molecule has 86 valence electrons. The molecule has 1 saturated heterocycles. The number of thiol groups is 1. The van der Waals surface area contributed by atoms with Crippen molar-refractivity contribution in [3.05, 3.63) is 0 Å². The molecule has 0 bridgehead atoms. The Morgan fingerprint density at radius 1 is 1.27 bits per heavy atom. The van der Waals surface area contributed by atoms with Gasteiger partial charge in [0, 0.05) is 6.54 Å². The molecule has 4 heteroatoms. The normalized spacial score (nSPS) is 22.7. The predicted molar refractivity (Wildman–Crippen MR) is 63.9 cm³/mol. The molecule has 2 unspecified atom stereocenters. The first-order valence-corrected chi connectivity index (χ1v) is 6.22. The third-order valence-corrected chi connectivity index (χ3v) is 3.14. The average Bonchev–Trinajstić information content (AvgIpc) is 2.46. The zero-order valence-corrected chi connectivity index (χ0v) is 9.99. The SMILES string of the molecule is N#CC(S)CC(O)CN1CCCCCC1. The van der Waals surface area contributed by atoms with E-state index in [1.165, 1.54) is 25.7 Å². The van der Waals surface area contributed by atoms with Gasteiger partial charge in [0.25, 0.3) is 0 Å². The second kappa shape index (κ2) is 7.10. The number of nitrogens with zero attached hydrogens (tertiary/aromatic N) is 2. The molecule has 0 radical (unpaired) electrons. The summed E-state index contributed by atoms with van der Waals surface area (Å²) in [5.41, 5.74) is 0. The van der Waals surface area contributed by atoms with E-state index in [1.807, 2.05) is 6.07 Å². The summed E-state index contributed by atoms with van der Waals surface area (Å²) in [5, 5.41) is 18.0. The van der Waals surface area contributed by atoms with Crippen molar-refractivity contribution in [1.29, 1.82) is 5.26 Å². The van der Waals surface area contributed by atoms with Crippen molar-refractivity contribution in [2.24, 2.45) is 0 Å². The largest absolute Gasteiger partial charge is 0.392 e. The van der Waals surface area contributed by atoms with Gasteiger partial charge in [-0.2, -0.15) is 17.9 Å². The lowest BCUT2D eigenvalue weighted by molar-refractivity contribution is 0.109. The molecule has 15 heavy (non-hydrogen) atoms. The van der Waals surface area contributed by atoms with Crippen LogP contribution in [0.4, 0.5) is 0 Å². The van der Waals surface area contributed by atoms with Crippen molar-refractivity contribution >= 4 is 12.6 Å². The van der Waals surface area contributed by atoms with Gasteiger partial charge in [-0.1, -0.05) is 12.8 Å². The van der Waals surface area contributed by atoms with Crippen LogP contribution in [0.3, 0.4) is 0 Å².